The average Bonchev–Trinajstić information content (AvgIpc) is 3.41. The molecule has 0 bridgehead atoms. The normalized spacial score (nSPS) is 19.9. The number of aromatic nitrogens is 1. The van der Waals surface area contributed by atoms with Crippen molar-refractivity contribution in [3.8, 4) is 17.2 Å². The Kier molecular flexibility index (Phi) is 7.02. The average molecular weight is 414 g/mol. The molecule has 0 N–H and O–H groups in total. The van der Waals surface area contributed by atoms with Gasteiger partial charge in [0.2, 0.25) is 11.8 Å². The van der Waals surface area contributed by atoms with E-state index in [-0.39, 0.29) is 12.3 Å². The lowest BCUT2D eigenvalue weighted by atomic mass is 10.2. The molecule has 4 rings (SSSR count). The van der Waals surface area contributed by atoms with Crippen molar-refractivity contribution in [2.45, 2.75) is 38.6 Å². The number of carbonyl (C=O) groups is 1. The van der Waals surface area contributed by atoms with Crippen molar-refractivity contribution in [1.82, 2.24) is 14.8 Å². The number of nitrogens with zero attached hydrogens (tertiary/aromatic N) is 3. The Morgan fingerprint density at radius 2 is 2.00 bits per heavy atom. The molecule has 1 atom stereocenters. The van der Waals surface area contributed by atoms with Crippen molar-refractivity contribution >= 4 is 5.91 Å². The first-order valence-corrected chi connectivity index (χ1v) is 11.0. The molecule has 1 aromatic heterocycles. The van der Waals surface area contributed by atoms with Gasteiger partial charge in [-0.1, -0.05) is 0 Å². The zero-order valence-corrected chi connectivity index (χ0v) is 17.7. The number of rotatable bonds is 8. The van der Waals surface area contributed by atoms with E-state index in [1.54, 1.807) is 6.26 Å². The highest BCUT2D eigenvalue weighted by molar-refractivity contribution is 5.78. The monoisotopic (exact) mass is 413 g/mol. The second-order valence-electron chi connectivity index (χ2n) is 8.07. The van der Waals surface area contributed by atoms with Crippen LogP contribution >= 0.6 is 0 Å². The fourth-order valence-corrected chi connectivity index (χ4v) is 4.08. The highest BCUT2D eigenvalue weighted by atomic mass is 16.5. The van der Waals surface area contributed by atoms with Crippen molar-refractivity contribution in [2.24, 2.45) is 0 Å². The van der Waals surface area contributed by atoms with Gasteiger partial charge in [0.1, 0.15) is 12.0 Å². The van der Waals surface area contributed by atoms with Gasteiger partial charge in [0, 0.05) is 31.2 Å². The maximum atomic E-state index is 12.4. The molecule has 0 radical (unpaired) electrons. The van der Waals surface area contributed by atoms with E-state index in [1.807, 2.05) is 29.2 Å². The third-order valence-electron chi connectivity index (χ3n) is 5.90. The third kappa shape index (κ3) is 5.40. The Bertz CT molecular complexity index is 814. The molecule has 1 aromatic carbocycles. The molecule has 3 heterocycles. The van der Waals surface area contributed by atoms with E-state index in [9.17, 15) is 4.79 Å². The number of carbonyl (C=O) groups excluding carboxylic acids is 1. The fourth-order valence-electron chi connectivity index (χ4n) is 4.08. The van der Waals surface area contributed by atoms with Gasteiger partial charge in [-0.05, 0) is 57.0 Å². The van der Waals surface area contributed by atoms with Crippen LogP contribution in [-0.2, 0) is 16.0 Å². The SMILES string of the molecule is CC1CCCN1CCCOc1ccc(-c2nc(CC(=O)N3CCOCC3)co2)cc1. The molecule has 2 aliphatic heterocycles. The van der Waals surface area contributed by atoms with Crippen molar-refractivity contribution < 1.29 is 18.7 Å². The maximum absolute atomic E-state index is 12.4. The van der Waals surface area contributed by atoms with E-state index >= 15 is 0 Å². The summed E-state index contributed by atoms with van der Waals surface area (Å²) in [4.78, 5) is 21.2. The first kappa shape index (κ1) is 20.9. The molecule has 2 aromatic rings. The van der Waals surface area contributed by atoms with E-state index in [0.29, 0.717) is 43.9 Å². The standard InChI is InChI=1S/C23H31N3O4/c1-18-4-2-9-25(18)10-3-13-29-21-7-5-19(6-8-21)23-24-20(17-30-23)16-22(27)26-11-14-28-15-12-26/h5-8,17-18H,2-4,9-16H2,1H3. The fraction of sp³-hybridized carbons (Fsp3) is 0.565. The Hall–Kier alpha value is -2.38. The van der Waals surface area contributed by atoms with Crippen molar-refractivity contribution in [3.63, 3.8) is 0 Å². The number of hydrogen-bond acceptors (Lipinski definition) is 6. The van der Waals surface area contributed by atoms with Crippen LogP contribution in [0.4, 0.5) is 0 Å². The minimum atomic E-state index is 0.0604. The van der Waals surface area contributed by atoms with Crippen LogP contribution in [0.15, 0.2) is 34.9 Å². The number of benzene rings is 1. The van der Waals surface area contributed by atoms with Gasteiger partial charge in [-0.2, -0.15) is 0 Å². The minimum absolute atomic E-state index is 0.0604. The van der Waals surface area contributed by atoms with Crippen molar-refractivity contribution in [2.75, 3.05) is 46.0 Å². The molecule has 1 amide bonds. The van der Waals surface area contributed by atoms with Crippen molar-refractivity contribution in [1.29, 1.82) is 0 Å². The first-order valence-electron chi connectivity index (χ1n) is 11.0. The Balaban J connectivity index is 1.24. The number of likely N-dealkylation sites (tertiary alicyclic amines) is 1. The van der Waals surface area contributed by atoms with Crippen LogP contribution in [0.5, 0.6) is 5.75 Å². The van der Waals surface area contributed by atoms with E-state index in [0.717, 1.165) is 30.9 Å². The Morgan fingerprint density at radius 1 is 1.20 bits per heavy atom. The molecule has 0 spiro atoms. The molecule has 0 aliphatic carbocycles. The molecule has 7 heteroatoms. The number of amides is 1. The molecule has 0 saturated carbocycles. The summed E-state index contributed by atoms with van der Waals surface area (Å²) in [6.45, 7) is 7.81. The van der Waals surface area contributed by atoms with Gasteiger partial charge in [-0.3, -0.25) is 4.79 Å². The smallest absolute Gasteiger partial charge is 0.228 e. The summed E-state index contributed by atoms with van der Waals surface area (Å²) in [5.74, 6) is 1.43. The number of oxazole rings is 1. The van der Waals surface area contributed by atoms with Crippen LogP contribution in [0.2, 0.25) is 0 Å². The summed E-state index contributed by atoms with van der Waals surface area (Å²) in [5.41, 5.74) is 1.52. The second-order valence-corrected chi connectivity index (χ2v) is 8.07. The summed E-state index contributed by atoms with van der Waals surface area (Å²) >= 11 is 0. The molecule has 2 fully saturated rings. The van der Waals surface area contributed by atoms with Gasteiger partial charge in [-0.15, -0.1) is 0 Å². The predicted molar refractivity (Wildman–Crippen MR) is 113 cm³/mol. The summed E-state index contributed by atoms with van der Waals surface area (Å²) in [6, 6.07) is 8.47. The van der Waals surface area contributed by atoms with Gasteiger partial charge in [0.05, 0.1) is 31.9 Å². The number of ether oxygens (including phenoxy) is 2. The summed E-state index contributed by atoms with van der Waals surface area (Å²) < 4.78 is 16.8. The molecule has 2 aliphatic rings. The van der Waals surface area contributed by atoms with Crippen molar-refractivity contribution in [3.05, 3.63) is 36.2 Å². The van der Waals surface area contributed by atoms with E-state index < -0.39 is 0 Å². The Morgan fingerprint density at radius 3 is 2.73 bits per heavy atom. The van der Waals surface area contributed by atoms with E-state index in [2.05, 4.69) is 16.8 Å². The van der Waals surface area contributed by atoms with Crippen LogP contribution in [-0.4, -0.2) is 72.7 Å². The lowest BCUT2D eigenvalue weighted by Crippen LogP contribution is -2.41. The molecule has 162 valence electrons. The molecule has 30 heavy (non-hydrogen) atoms. The summed E-state index contributed by atoms with van der Waals surface area (Å²) in [5, 5.41) is 0. The topological polar surface area (TPSA) is 68.0 Å². The van der Waals surface area contributed by atoms with Gasteiger partial charge < -0.3 is 23.7 Å². The van der Waals surface area contributed by atoms with Crippen LogP contribution < -0.4 is 4.74 Å². The highest BCUT2D eigenvalue weighted by Gasteiger charge is 2.20. The minimum Gasteiger partial charge on any atom is -0.494 e. The van der Waals surface area contributed by atoms with Crippen LogP contribution in [0.3, 0.4) is 0 Å². The zero-order valence-electron chi connectivity index (χ0n) is 17.7. The van der Waals surface area contributed by atoms with E-state index in [1.165, 1.54) is 19.4 Å². The van der Waals surface area contributed by atoms with Gasteiger partial charge in [0.15, 0.2) is 0 Å². The zero-order chi connectivity index (χ0) is 20.8. The van der Waals surface area contributed by atoms with Gasteiger partial charge in [-0.25, -0.2) is 4.98 Å². The van der Waals surface area contributed by atoms with E-state index in [4.69, 9.17) is 13.9 Å². The quantitative estimate of drug-likeness (QED) is 0.620. The van der Waals surface area contributed by atoms with Crippen LogP contribution in [0, 0.1) is 0 Å². The molecular weight excluding hydrogens is 382 g/mol. The largest absolute Gasteiger partial charge is 0.494 e. The molecule has 1 unspecified atom stereocenters. The number of morpholine rings is 1. The maximum Gasteiger partial charge on any atom is 0.228 e. The summed E-state index contributed by atoms with van der Waals surface area (Å²) in [7, 11) is 0. The molecular formula is C23H31N3O4. The number of hydrogen-bond donors (Lipinski definition) is 0. The van der Waals surface area contributed by atoms with Crippen LogP contribution in [0.1, 0.15) is 31.9 Å². The van der Waals surface area contributed by atoms with Crippen LogP contribution in [0.25, 0.3) is 11.5 Å². The van der Waals surface area contributed by atoms with Gasteiger partial charge >= 0.3 is 0 Å². The lowest BCUT2D eigenvalue weighted by molar-refractivity contribution is -0.134. The first-order chi connectivity index (χ1) is 14.7. The summed E-state index contributed by atoms with van der Waals surface area (Å²) in [6.07, 6.45) is 5.48. The molecule has 7 nitrogen and oxygen atoms in total. The highest BCUT2D eigenvalue weighted by Crippen LogP contribution is 2.23. The Labute approximate surface area is 178 Å². The van der Waals surface area contributed by atoms with Gasteiger partial charge in [0.25, 0.3) is 0 Å². The lowest BCUT2D eigenvalue weighted by Gasteiger charge is -2.26. The molecule has 2 saturated heterocycles. The predicted octanol–water partition coefficient (Wildman–Crippen LogP) is 3.00. The third-order valence-corrected chi connectivity index (χ3v) is 5.90. The second kappa shape index (κ2) is 10.1.